The highest BCUT2D eigenvalue weighted by Gasteiger charge is 2.28. The number of oxime groups is 1. The van der Waals surface area contributed by atoms with Crippen molar-refractivity contribution < 1.29 is 14.7 Å². The fourth-order valence-corrected chi connectivity index (χ4v) is 5.31. The molecule has 0 spiro atoms. The van der Waals surface area contributed by atoms with Crippen LogP contribution in [-0.4, -0.2) is 47.9 Å². The third-order valence-electron chi connectivity index (χ3n) is 7.41. The molecule has 2 saturated heterocycles. The summed E-state index contributed by atoms with van der Waals surface area (Å²) in [4.78, 5) is 21.7. The third-order valence-corrected chi connectivity index (χ3v) is 7.41. The summed E-state index contributed by atoms with van der Waals surface area (Å²) in [5.74, 6) is -0.922. The van der Waals surface area contributed by atoms with Gasteiger partial charge in [-0.05, 0) is 92.4 Å². The van der Waals surface area contributed by atoms with E-state index in [2.05, 4.69) is 65.2 Å². The predicted octanol–water partition coefficient (Wildman–Crippen LogP) is 5.40. The molecule has 6 nitrogen and oxygen atoms in total. The Kier molecular flexibility index (Phi) is 8.45. The van der Waals surface area contributed by atoms with Crippen molar-refractivity contribution in [2.45, 2.75) is 66.0 Å². The number of carboxylic acids is 1. The zero-order valence-electron chi connectivity index (χ0n) is 21.4. The largest absolute Gasteiger partial charge is 0.481 e. The summed E-state index contributed by atoms with van der Waals surface area (Å²) in [5.41, 5.74) is 8.24. The summed E-state index contributed by atoms with van der Waals surface area (Å²) in [6, 6.07) is 13.0. The van der Waals surface area contributed by atoms with E-state index in [9.17, 15) is 9.90 Å². The maximum Gasteiger partial charge on any atom is 0.307 e. The van der Waals surface area contributed by atoms with Crippen LogP contribution in [-0.2, 0) is 29.2 Å². The minimum Gasteiger partial charge on any atom is -0.481 e. The van der Waals surface area contributed by atoms with E-state index < -0.39 is 5.97 Å². The van der Waals surface area contributed by atoms with E-state index in [1.807, 2.05) is 6.92 Å². The highest BCUT2D eigenvalue weighted by Crippen LogP contribution is 2.25. The van der Waals surface area contributed by atoms with Crippen molar-refractivity contribution in [3.63, 3.8) is 0 Å². The standard InChI is InChI=1S/C29H39N3O3/c1-4-24-17-25(9-10-26(24)18-31-15-12-27(19-31)29(33)34)22(3)30-35-20-23-8-11-28(21(2)16-23)32-13-6-5-7-14-32/h8-11,16-17,27H,4-7,12-15,18-20H2,1-3H3,(H,33,34). The quantitative estimate of drug-likeness (QED) is 0.387. The van der Waals surface area contributed by atoms with Crippen LogP contribution in [0.5, 0.6) is 0 Å². The minimum atomic E-state index is -0.682. The lowest BCUT2D eigenvalue weighted by molar-refractivity contribution is -0.141. The second kappa shape index (κ2) is 11.7. The Morgan fingerprint density at radius 3 is 2.57 bits per heavy atom. The Morgan fingerprint density at radius 2 is 1.89 bits per heavy atom. The van der Waals surface area contributed by atoms with E-state index in [1.165, 1.54) is 41.6 Å². The molecule has 0 amide bonds. The molecule has 0 aromatic heterocycles. The van der Waals surface area contributed by atoms with Crippen LogP contribution in [0.2, 0.25) is 0 Å². The van der Waals surface area contributed by atoms with E-state index in [0.717, 1.165) is 55.9 Å². The van der Waals surface area contributed by atoms with Gasteiger partial charge in [0, 0.05) is 31.9 Å². The number of aryl methyl sites for hydroxylation is 2. The number of benzene rings is 2. The van der Waals surface area contributed by atoms with Gasteiger partial charge in [-0.15, -0.1) is 0 Å². The van der Waals surface area contributed by atoms with Crippen molar-refractivity contribution in [3.05, 3.63) is 64.2 Å². The van der Waals surface area contributed by atoms with E-state index in [4.69, 9.17) is 4.84 Å². The molecule has 6 heteroatoms. The number of carbonyl (C=O) groups is 1. The lowest BCUT2D eigenvalue weighted by atomic mass is 9.99. The summed E-state index contributed by atoms with van der Waals surface area (Å²) in [6.07, 6.45) is 5.56. The lowest BCUT2D eigenvalue weighted by Crippen LogP contribution is -2.29. The Balaban J connectivity index is 1.35. The molecule has 4 rings (SSSR count). The van der Waals surface area contributed by atoms with E-state index in [1.54, 1.807) is 0 Å². The van der Waals surface area contributed by atoms with Crippen molar-refractivity contribution in [2.75, 3.05) is 31.1 Å². The number of aliphatic carboxylic acids is 1. The summed E-state index contributed by atoms with van der Waals surface area (Å²) in [6.45, 7) is 11.4. The van der Waals surface area contributed by atoms with Crippen molar-refractivity contribution >= 4 is 17.4 Å². The van der Waals surface area contributed by atoms with E-state index in [0.29, 0.717) is 13.2 Å². The van der Waals surface area contributed by atoms with Crippen molar-refractivity contribution in [3.8, 4) is 0 Å². The molecule has 0 saturated carbocycles. The first-order valence-electron chi connectivity index (χ1n) is 13.0. The van der Waals surface area contributed by atoms with Gasteiger partial charge in [0.1, 0.15) is 6.61 Å². The van der Waals surface area contributed by atoms with Crippen molar-refractivity contribution in [2.24, 2.45) is 11.1 Å². The Labute approximate surface area is 209 Å². The number of likely N-dealkylation sites (tertiary alicyclic amines) is 1. The number of hydrogen-bond acceptors (Lipinski definition) is 5. The molecule has 35 heavy (non-hydrogen) atoms. The van der Waals surface area contributed by atoms with Crippen molar-refractivity contribution in [1.29, 1.82) is 0 Å². The first-order chi connectivity index (χ1) is 16.9. The van der Waals surface area contributed by atoms with Crippen LogP contribution in [0, 0.1) is 12.8 Å². The molecule has 2 aliphatic heterocycles. The summed E-state index contributed by atoms with van der Waals surface area (Å²) in [5, 5.41) is 13.7. The molecule has 2 aromatic carbocycles. The maximum atomic E-state index is 11.3. The fourth-order valence-electron chi connectivity index (χ4n) is 5.31. The molecule has 1 N–H and O–H groups in total. The van der Waals surface area contributed by atoms with Crippen LogP contribution in [0.3, 0.4) is 0 Å². The molecule has 2 fully saturated rings. The molecular weight excluding hydrogens is 438 g/mol. The van der Waals surface area contributed by atoms with E-state index >= 15 is 0 Å². The zero-order chi connectivity index (χ0) is 24.8. The lowest BCUT2D eigenvalue weighted by Gasteiger charge is -2.30. The summed E-state index contributed by atoms with van der Waals surface area (Å²) in [7, 11) is 0. The normalized spacial score (nSPS) is 19.2. The van der Waals surface area contributed by atoms with Crippen LogP contribution >= 0.6 is 0 Å². The molecule has 2 aromatic rings. The molecule has 0 bridgehead atoms. The molecule has 0 radical (unpaired) electrons. The number of rotatable bonds is 9. The van der Waals surface area contributed by atoms with Crippen LogP contribution < -0.4 is 4.90 Å². The first kappa shape index (κ1) is 25.2. The van der Waals surface area contributed by atoms with Gasteiger partial charge in [0.25, 0.3) is 0 Å². The van der Waals surface area contributed by atoms with Gasteiger partial charge in [-0.1, -0.05) is 36.3 Å². The number of carboxylic acid groups (broad SMARTS) is 1. The predicted molar refractivity (Wildman–Crippen MR) is 141 cm³/mol. The third kappa shape index (κ3) is 6.43. The van der Waals surface area contributed by atoms with E-state index in [-0.39, 0.29) is 5.92 Å². The molecule has 2 heterocycles. The van der Waals surface area contributed by atoms with Gasteiger partial charge in [0.15, 0.2) is 0 Å². The van der Waals surface area contributed by atoms with Crippen LogP contribution in [0.25, 0.3) is 0 Å². The highest BCUT2D eigenvalue weighted by molar-refractivity contribution is 5.98. The maximum absolute atomic E-state index is 11.3. The smallest absolute Gasteiger partial charge is 0.307 e. The van der Waals surface area contributed by atoms with Crippen molar-refractivity contribution in [1.82, 2.24) is 4.90 Å². The van der Waals surface area contributed by atoms with Crippen LogP contribution in [0.1, 0.15) is 67.3 Å². The minimum absolute atomic E-state index is 0.240. The number of anilines is 1. The average molecular weight is 478 g/mol. The summed E-state index contributed by atoms with van der Waals surface area (Å²) >= 11 is 0. The number of nitrogens with zero attached hydrogens (tertiary/aromatic N) is 3. The second-order valence-corrected chi connectivity index (χ2v) is 10.0. The number of hydrogen-bond donors (Lipinski definition) is 1. The van der Waals surface area contributed by atoms with Gasteiger partial charge in [-0.25, -0.2) is 0 Å². The molecule has 188 valence electrons. The Bertz CT molecular complexity index is 1060. The Hall–Kier alpha value is -2.86. The van der Waals surface area contributed by atoms with Gasteiger partial charge in [0.05, 0.1) is 11.6 Å². The summed E-state index contributed by atoms with van der Waals surface area (Å²) < 4.78 is 0. The zero-order valence-corrected chi connectivity index (χ0v) is 21.4. The van der Waals surface area contributed by atoms with Crippen LogP contribution in [0.4, 0.5) is 5.69 Å². The first-order valence-corrected chi connectivity index (χ1v) is 13.0. The second-order valence-electron chi connectivity index (χ2n) is 10.0. The Morgan fingerprint density at radius 1 is 1.09 bits per heavy atom. The number of piperidine rings is 1. The SMILES string of the molecule is CCc1cc(C(C)=NOCc2ccc(N3CCCCC3)c(C)c2)ccc1CN1CCC(C(=O)O)C1. The molecule has 0 aliphatic carbocycles. The fraction of sp³-hybridized carbons (Fsp3) is 0.517. The van der Waals surface area contributed by atoms with Gasteiger partial charge in [-0.2, -0.15) is 0 Å². The topological polar surface area (TPSA) is 65.4 Å². The molecule has 2 aliphatic rings. The highest BCUT2D eigenvalue weighted by atomic mass is 16.6. The van der Waals surface area contributed by atoms with Crippen LogP contribution in [0.15, 0.2) is 41.6 Å². The molecule has 1 unspecified atom stereocenters. The van der Waals surface area contributed by atoms with Gasteiger partial charge in [0.2, 0.25) is 0 Å². The molecule has 1 atom stereocenters. The van der Waals surface area contributed by atoms with Gasteiger partial charge < -0.3 is 14.8 Å². The van der Waals surface area contributed by atoms with Gasteiger partial charge >= 0.3 is 5.97 Å². The van der Waals surface area contributed by atoms with Gasteiger partial charge in [-0.3, -0.25) is 9.69 Å². The monoisotopic (exact) mass is 477 g/mol. The average Bonchev–Trinajstić information content (AvgIpc) is 3.34. The molecular formula is C29H39N3O3.